The molecular weight excluding hydrogens is 344 g/mol. The molecule has 2 amide bonds. The predicted molar refractivity (Wildman–Crippen MR) is 92.9 cm³/mol. The van der Waals surface area contributed by atoms with Gasteiger partial charge in [0.15, 0.2) is 0 Å². The number of rotatable bonds is 6. The van der Waals surface area contributed by atoms with E-state index in [2.05, 4.69) is 4.98 Å². The number of sulfonamides is 1. The highest BCUT2D eigenvalue weighted by atomic mass is 32.2. The first-order valence-electron chi connectivity index (χ1n) is 8.15. The zero-order valence-electron chi connectivity index (χ0n) is 14.6. The molecule has 0 bridgehead atoms. The fraction of sp³-hybridized carbons (Fsp3) is 0.562. The smallest absolute Gasteiger partial charge is 0.224 e. The minimum atomic E-state index is -3.44. The van der Waals surface area contributed by atoms with Crippen molar-refractivity contribution in [2.24, 2.45) is 0 Å². The maximum atomic E-state index is 12.3. The van der Waals surface area contributed by atoms with Gasteiger partial charge in [0.25, 0.3) is 0 Å². The Balaban J connectivity index is 1.90. The molecule has 1 aliphatic rings. The fourth-order valence-corrected chi connectivity index (χ4v) is 3.47. The third-order valence-corrected chi connectivity index (χ3v) is 5.44. The van der Waals surface area contributed by atoms with E-state index in [1.807, 2.05) is 0 Å². The molecule has 0 N–H and O–H groups in total. The summed E-state index contributed by atoms with van der Waals surface area (Å²) in [6.45, 7) is 3.77. The summed E-state index contributed by atoms with van der Waals surface area (Å²) in [5, 5.41) is 0. The molecule has 0 aromatic carbocycles. The van der Waals surface area contributed by atoms with Crippen LogP contribution in [0.1, 0.15) is 19.0 Å². The van der Waals surface area contributed by atoms with Crippen molar-refractivity contribution >= 4 is 21.8 Å². The Hall–Kier alpha value is -2.00. The highest BCUT2D eigenvalue weighted by Gasteiger charge is 2.24. The van der Waals surface area contributed by atoms with Gasteiger partial charge in [-0.15, -0.1) is 0 Å². The van der Waals surface area contributed by atoms with Gasteiger partial charge in [0, 0.05) is 52.3 Å². The normalized spacial score (nSPS) is 15.5. The van der Waals surface area contributed by atoms with Crippen LogP contribution < -0.4 is 0 Å². The van der Waals surface area contributed by atoms with E-state index in [1.54, 1.807) is 34.2 Å². The molecule has 1 aromatic heterocycles. The molecule has 2 rings (SSSR count). The number of hydrogen-bond donors (Lipinski definition) is 0. The van der Waals surface area contributed by atoms with Crippen molar-refractivity contribution in [1.29, 1.82) is 0 Å². The highest BCUT2D eigenvalue weighted by molar-refractivity contribution is 7.88. The zero-order valence-corrected chi connectivity index (χ0v) is 15.4. The van der Waals surface area contributed by atoms with Crippen LogP contribution in [-0.4, -0.2) is 78.3 Å². The lowest BCUT2D eigenvalue weighted by Gasteiger charge is -2.34. The molecule has 1 aliphatic heterocycles. The summed E-state index contributed by atoms with van der Waals surface area (Å²) in [5.41, 5.74) is 0.635. The van der Waals surface area contributed by atoms with Crippen molar-refractivity contribution in [1.82, 2.24) is 19.1 Å². The lowest BCUT2D eigenvalue weighted by Crippen LogP contribution is -2.50. The summed E-state index contributed by atoms with van der Waals surface area (Å²) >= 11 is 0. The Bertz CT molecular complexity index is 700. The number of nitrogens with zero attached hydrogens (tertiary/aromatic N) is 4. The Kier molecular flexibility index (Phi) is 6.49. The van der Waals surface area contributed by atoms with Crippen molar-refractivity contribution in [3.63, 3.8) is 0 Å². The Morgan fingerprint density at radius 1 is 1.16 bits per heavy atom. The van der Waals surface area contributed by atoms with E-state index in [1.165, 1.54) is 11.2 Å². The second-order valence-electron chi connectivity index (χ2n) is 6.05. The Morgan fingerprint density at radius 3 is 2.32 bits per heavy atom. The topological polar surface area (TPSA) is 90.9 Å². The molecule has 0 spiro atoms. The summed E-state index contributed by atoms with van der Waals surface area (Å²) in [7, 11) is -3.44. The van der Waals surface area contributed by atoms with Crippen LogP contribution >= 0.6 is 0 Å². The first-order valence-corrected chi connectivity index (χ1v) is 10.0. The molecule has 0 saturated carbocycles. The highest BCUT2D eigenvalue weighted by Crippen LogP contribution is 2.09. The standard InChI is InChI=1S/C16H24N4O4S/c1-14(21)18-9-11-19(12-10-18)16(22)6-8-20(25(2,23)24)13-15-5-3-4-7-17-15/h3-5,7H,6,8-13H2,1-2H3. The fourth-order valence-electron chi connectivity index (χ4n) is 2.68. The molecule has 0 atom stereocenters. The van der Waals surface area contributed by atoms with Crippen molar-refractivity contribution < 1.29 is 18.0 Å². The second kappa shape index (κ2) is 8.39. The molecule has 1 fully saturated rings. The quantitative estimate of drug-likeness (QED) is 0.701. The largest absolute Gasteiger partial charge is 0.339 e. The van der Waals surface area contributed by atoms with Gasteiger partial charge in [0.1, 0.15) is 0 Å². The molecular formula is C16H24N4O4S. The van der Waals surface area contributed by atoms with Crippen LogP contribution in [0.25, 0.3) is 0 Å². The minimum absolute atomic E-state index is 0.00529. The number of hydrogen-bond acceptors (Lipinski definition) is 5. The predicted octanol–water partition coefficient (Wildman–Crippen LogP) is -0.0760. The molecule has 0 unspecified atom stereocenters. The molecule has 8 nitrogen and oxygen atoms in total. The van der Waals surface area contributed by atoms with Crippen molar-refractivity contribution in [3.8, 4) is 0 Å². The summed E-state index contributed by atoms with van der Waals surface area (Å²) in [6, 6.07) is 5.31. The van der Waals surface area contributed by atoms with Gasteiger partial charge in [-0.05, 0) is 12.1 Å². The third kappa shape index (κ3) is 5.79. The summed E-state index contributed by atoms with van der Waals surface area (Å²) in [6.07, 6.45) is 2.85. The van der Waals surface area contributed by atoms with Crippen LogP contribution in [0.2, 0.25) is 0 Å². The van der Waals surface area contributed by atoms with Crippen LogP contribution in [0, 0.1) is 0 Å². The van der Waals surface area contributed by atoms with Crippen molar-refractivity contribution in [3.05, 3.63) is 30.1 Å². The average Bonchev–Trinajstić information content (AvgIpc) is 2.58. The van der Waals surface area contributed by atoms with Gasteiger partial charge in [0.2, 0.25) is 21.8 Å². The zero-order chi connectivity index (χ0) is 18.4. The van der Waals surface area contributed by atoms with Gasteiger partial charge >= 0.3 is 0 Å². The maximum absolute atomic E-state index is 12.3. The Labute approximate surface area is 148 Å². The van der Waals surface area contributed by atoms with Crippen LogP contribution in [0.15, 0.2) is 24.4 Å². The van der Waals surface area contributed by atoms with Crippen LogP contribution in [0.4, 0.5) is 0 Å². The molecule has 1 aromatic rings. The molecule has 9 heteroatoms. The van der Waals surface area contributed by atoms with E-state index in [9.17, 15) is 18.0 Å². The van der Waals surface area contributed by atoms with Gasteiger partial charge in [-0.2, -0.15) is 4.31 Å². The molecule has 2 heterocycles. The number of piperazine rings is 1. The molecule has 1 saturated heterocycles. The lowest BCUT2D eigenvalue weighted by molar-refractivity contribution is -0.138. The summed E-state index contributed by atoms with van der Waals surface area (Å²) in [4.78, 5) is 31.2. The average molecular weight is 368 g/mol. The lowest BCUT2D eigenvalue weighted by atomic mass is 10.2. The first kappa shape index (κ1) is 19.3. The molecule has 0 radical (unpaired) electrons. The van der Waals surface area contributed by atoms with Gasteiger partial charge in [-0.3, -0.25) is 14.6 Å². The van der Waals surface area contributed by atoms with E-state index in [-0.39, 0.29) is 31.3 Å². The molecule has 25 heavy (non-hydrogen) atoms. The number of amides is 2. The SMILES string of the molecule is CC(=O)N1CCN(C(=O)CCN(Cc2ccccn2)S(C)(=O)=O)CC1. The first-order chi connectivity index (χ1) is 11.8. The second-order valence-corrected chi connectivity index (χ2v) is 8.04. The number of carbonyl (C=O) groups is 2. The number of pyridine rings is 1. The summed E-state index contributed by atoms with van der Waals surface area (Å²) < 4.78 is 25.2. The van der Waals surface area contributed by atoms with Crippen molar-refractivity contribution in [2.75, 3.05) is 39.0 Å². The van der Waals surface area contributed by atoms with E-state index in [0.29, 0.717) is 31.9 Å². The van der Waals surface area contributed by atoms with E-state index < -0.39 is 10.0 Å². The molecule has 138 valence electrons. The number of carbonyl (C=O) groups excluding carboxylic acids is 2. The Morgan fingerprint density at radius 2 is 1.80 bits per heavy atom. The van der Waals surface area contributed by atoms with E-state index >= 15 is 0 Å². The van der Waals surface area contributed by atoms with Gasteiger partial charge in [0.05, 0.1) is 18.5 Å². The van der Waals surface area contributed by atoms with Crippen LogP contribution in [0.3, 0.4) is 0 Å². The third-order valence-electron chi connectivity index (χ3n) is 4.19. The van der Waals surface area contributed by atoms with Crippen LogP contribution in [0.5, 0.6) is 0 Å². The monoisotopic (exact) mass is 368 g/mol. The number of aromatic nitrogens is 1. The van der Waals surface area contributed by atoms with E-state index in [0.717, 1.165) is 6.26 Å². The summed E-state index contributed by atoms with van der Waals surface area (Å²) in [5.74, 6) is -0.0939. The van der Waals surface area contributed by atoms with Gasteiger partial charge in [-0.1, -0.05) is 6.07 Å². The van der Waals surface area contributed by atoms with Gasteiger partial charge in [-0.25, -0.2) is 8.42 Å². The van der Waals surface area contributed by atoms with Crippen molar-refractivity contribution in [2.45, 2.75) is 19.9 Å². The molecule has 0 aliphatic carbocycles. The maximum Gasteiger partial charge on any atom is 0.224 e. The van der Waals surface area contributed by atoms with Crippen LogP contribution in [-0.2, 0) is 26.2 Å². The van der Waals surface area contributed by atoms with E-state index in [4.69, 9.17) is 0 Å². The van der Waals surface area contributed by atoms with Gasteiger partial charge < -0.3 is 9.80 Å². The minimum Gasteiger partial charge on any atom is -0.339 e.